The topological polar surface area (TPSA) is 71.2 Å². The van der Waals surface area contributed by atoms with Crippen molar-refractivity contribution in [3.8, 4) is 0 Å². The Hall–Kier alpha value is -1.62. The molecule has 0 spiro atoms. The van der Waals surface area contributed by atoms with Crippen LogP contribution >= 0.6 is 0 Å². The number of rotatable bonds is 3. The van der Waals surface area contributed by atoms with E-state index in [1.807, 2.05) is 25.1 Å². The number of nitrogens with one attached hydrogen (secondary N) is 1. The molecule has 4 unspecified atom stereocenters. The maximum Gasteiger partial charge on any atom is 0.229 e. The third kappa shape index (κ3) is 2.16. The molecular weight excluding hydrogens is 252 g/mol. The highest BCUT2D eigenvalue weighted by atomic mass is 16.2. The summed E-state index contributed by atoms with van der Waals surface area (Å²) in [4.78, 5) is 18.6. The smallest absolute Gasteiger partial charge is 0.229 e. The molecule has 1 heterocycles. The van der Waals surface area contributed by atoms with Gasteiger partial charge in [0.2, 0.25) is 5.91 Å². The van der Waals surface area contributed by atoms with Crippen molar-refractivity contribution in [1.29, 1.82) is 0 Å². The van der Waals surface area contributed by atoms with E-state index in [0.717, 1.165) is 24.2 Å². The van der Waals surface area contributed by atoms with Crippen LogP contribution < -0.4 is 16.0 Å². The highest BCUT2D eigenvalue weighted by Gasteiger charge is 2.49. The first-order valence-electron chi connectivity index (χ1n) is 7.25. The van der Waals surface area contributed by atoms with Gasteiger partial charge in [0.25, 0.3) is 0 Å². The number of carbonyl (C=O) groups is 1. The van der Waals surface area contributed by atoms with E-state index in [4.69, 9.17) is 5.73 Å². The molecule has 1 aromatic rings. The number of fused-ring (bicyclic) bond motifs is 2. The van der Waals surface area contributed by atoms with Crippen molar-refractivity contribution < 1.29 is 4.79 Å². The molecule has 0 aliphatic heterocycles. The standard InChI is InChI=1S/C15H22N4O/c1-19(2)12-5-6-17-8-11(12)18-15(20)13-9-3-4-10(7-9)14(13)16/h5-6,8-10,13-14H,3-4,7,16H2,1-2H3,(H,18,20). The van der Waals surface area contributed by atoms with Crippen LogP contribution in [0.5, 0.6) is 0 Å². The highest BCUT2D eigenvalue weighted by Crippen LogP contribution is 2.48. The lowest BCUT2D eigenvalue weighted by Gasteiger charge is -2.27. The van der Waals surface area contributed by atoms with Crippen LogP contribution in [-0.2, 0) is 4.79 Å². The minimum atomic E-state index is -0.0380. The molecule has 3 rings (SSSR count). The maximum atomic E-state index is 12.6. The molecule has 0 saturated heterocycles. The van der Waals surface area contributed by atoms with Crippen LogP contribution in [0.4, 0.5) is 11.4 Å². The molecule has 108 valence electrons. The number of amides is 1. The molecule has 1 amide bonds. The SMILES string of the molecule is CN(C)c1ccncc1NC(=O)C1C2CCC(C2)C1N. The van der Waals surface area contributed by atoms with Crippen LogP contribution in [0, 0.1) is 17.8 Å². The molecule has 2 aliphatic rings. The minimum absolute atomic E-state index is 0.0215. The van der Waals surface area contributed by atoms with E-state index >= 15 is 0 Å². The van der Waals surface area contributed by atoms with Gasteiger partial charge in [0.1, 0.15) is 0 Å². The van der Waals surface area contributed by atoms with Crippen molar-refractivity contribution in [1.82, 2.24) is 4.98 Å². The summed E-state index contributed by atoms with van der Waals surface area (Å²) in [6, 6.07) is 1.92. The second kappa shape index (κ2) is 5.05. The van der Waals surface area contributed by atoms with Gasteiger partial charge in [-0.1, -0.05) is 0 Å². The van der Waals surface area contributed by atoms with Crippen molar-refractivity contribution in [3.05, 3.63) is 18.5 Å². The van der Waals surface area contributed by atoms with Crippen LogP contribution in [0.1, 0.15) is 19.3 Å². The average molecular weight is 274 g/mol. The molecule has 2 fully saturated rings. The summed E-state index contributed by atoms with van der Waals surface area (Å²) in [5.41, 5.74) is 7.95. The van der Waals surface area contributed by atoms with Gasteiger partial charge in [-0.2, -0.15) is 0 Å². The molecule has 1 aromatic heterocycles. The van der Waals surface area contributed by atoms with E-state index in [-0.39, 0.29) is 17.9 Å². The summed E-state index contributed by atoms with van der Waals surface area (Å²) in [5, 5.41) is 3.03. The fourth-order valence-electron chi connectivity index (χ4n) is 3.81. The first-order valence-corrected chi connectivity index (χ1v) is 7.25. The van der Waals surface area contributed by atoms with Crippen LogP contribution in [0.25, 0.3) is 0 Å². The zero-order valence-electron chi connectivity index (χ0n) is 12.0. The largest absolute Gasteiger partial charge is 0.376 e. The van der Waals surface area contributed by atoms with Gasteiger partial charge >= 0.3 is 0 Å². The third-order valence-corrected chi connectivity index (χ3v) is 4.82. The molecule has 0 aromatic carbocycles. The number of aromatic nitrogens is 1. The molecule has 2 aliphatic carbocycles. The molecule has 2 bridgehead atoms. The van der Waals surface area contributed by atoms with Gasteiger partial charge in [-0.05, 0) is 37.2 Å². The quantitative estimate of drug-likeness (QED) is 0.875. The lowest BCUT2D eigenvalue weighted by molar-refractivity contribution is -0.121. The number of pyridine rings is 1. The van der Waals surface area contributed by atoms with Gasteiger partial charge in [-0.3, -0.25) is 9.78 Å². The first kappa shape index (κ1) is 13.4. The fraction of sp³-hybridized carbons (Fsp3) is 0.600. The molecule has 5 nitrogen and oxygen atoms in total. The van der Waals surface area contributed by atoms with Crippen molar-refractivity contribution >= 4 is 17.3 Å². The molecule has 5 heteroatoms. The van der Waals surface area contributed by atoms with Crippen molar-refractivity contribution in [2.45, 2.75) is 25.3 Å². The zero-order valence-corrected chi connectivity index (χ0v) is 12.0. The fourth-order valence-corrected chi connectivity index (χ4v) is 3.81. The van der Waals surface area contributed by atoms with E-state index in [2.05, 4.69) is 10.3 Å². The van der Waals surface area contributed by atoms with Crippen molar-refractivity contribution in [2.75, 3.05) is 24.3 Å². The maximum absolute atomic E-state index is 12.6. The van der Waals surface area contributed by atoms with Gasteiger partial charge in [0, 0.05) is 26.3 Å². The number of carbonyl (C=O) groups excluding carboxylic acids is 1. The van der Waals surface area contributed by atoms with Gasteiger partial charge in [-0.15, -0.1) is 0 Å². The predicted octanol–water partition coefficient (Wildman–Crippen LogP) is 1.46. The van der Waals surface area contributed by atoms with Crippen molar-refractivity contribution in [2.24, 2.45) is 23.5 Å². The Morgan fingerprint density at radius 2 is 2.15 bits per heavy atom. The molecule has 0 radical (unpaired) electrons. The normalized spacial score (nSPS) is 31.4. The Kier molecular flexibility index (Phi) is 3.38. The molecular formula is C15H22N4O. The third-order valence-electron chi connectivity index (χ3n) is 4.82. The zero-order chi connectivity index (χ0) is 14.3. The number of hydrogen-bond donors (Lipinski definition) is 2. The monoisotopic (exact) mass is 274 g/mol. The van der Waals surface area contributed by atoms with E-state index in [1.165, 1.54) is 6.42 Å². The Morgan fingerprint density at radius 3 is 2.80 bits per heavy atom. The lowest BCUT2D eigenvalue weighted by Crippen LogP contribution is -2.42. The van der Waals surface area contributed by atoms with Crippen LogP contribution in [0.3, 0.4) is 0 Å². The Labute approximate surface area is 119 Å². The van der Waals surface area contributed by atoms with Crippen LogP contribution in [0.2, 0.25) is 0 Å². The summed E-state index contributed by atoms with van der Waals surface area (Å²) < 4.78 is 0. The molecule has 2 saturated carbocycles. The molecule has 4 atom stereocenters. The number of hydrogen-bond acceptors (Lipinski definition) is 4. The van der Waals surface area contributed by atoms with E-state index < -0.39 is 0 Å². The Bertz CT molecular complexity index is 514. The number of nitrogens with zero attached hydrogens (tertiary/aromatic N) is 2. The summed E-state index contributed by atoms with van der Waals surface area (Å²) in [5.74, 6) is 1.03. The Morgan fingerprint density at radius 1 is 1.40 bits per heavy atom. The van der Waals surface area contributed by atoms with E-state index in [0.29, 0.717) is 11.8 Å². The van der Waals surface area contributed by atoms with Gasteiger partial charge in [0.05, 0.1) is 23.5 Å². The molecule has 3 N–H and O–H groups in total. The average Bonchev–Trinajstić information content (AvgIpc) is 2.99. The van der Waals surface area contributed by atoms with Gasteiger partial charge < -0.3 is 16.0 Å². The van der Waals surface area contributed by atoms with E-state index in [1.54, 1.807) is 12.4 Å². The van der Waals surface area contributed by atoms with Gasteiger partial charge in [-0.25, -0.2) is 0 Å². The first-order chi connectivity index (χ1) is 9.58. The minimum Gasteiger partial charge on any atom is -0.376 e. The second-order valence-electron chi connectivity index (χ2n) is 6.21. The summed E-state index contributed by atoms with van der Waals surface area (Å²) in [7, 11) is 3.91. The lowest BCUT2D eigenvalue weighted by atomic mass is 9.84. The highest BCUT2D eigenvalue weighted by molar-refractivity contribution is 5.96. The predicted molar refractivity (Wildman–Crippen MR) is 79.5 cm³/mol. The van der Waals surface area contributed by atoms with Gasteiger partial charge in [0.15, 0.2) is 0 Å². The van der Waals surface area contributed by atoms with E-state index in [9.17, 15) is 4.79 Å². The second-order valence-corrected chi connectivity index (χ2v) is 6.21. The van der Waals surface area contributed by atoms with Crippen LogP contribution in [-0.4, -0.2) is 31.0 Å². The Balaban J connectivity index is 1.77. The summed E-state index contributed by atoms with van der Waals surface area (Å²) in [6.07, 6.45) is 6.88. The summed E-state index contributed by atoms with van der Waals surface area (Å²) >= 11 is 0. The number of anilines is 2. The number of nitrogens with two attached hydrogens (primary N) is 1. The molecule has 20 heavy (non-hydrogen) atoms. The van der Waals surface area contributed by atoms with Crippen LogP contribution in [0.15, 0.2) is 18.5 Å². The summed E-state index contributed by atoms with van der Waals surface area (Å²) in [6.45, 7) is 0. The van der Waals surface area contributed by atoms with Crippen molar-refractivity contribution in [3.63, 3.8) is 0 Å².